The van der Waals surface area contributed by atoms with Crippen LogP contribution in [0.3, 0.4) is 0 Å². The van der Waals surface area contributed by atoms with E-state index in [2.05, 4.69) is 35.2 Å². The highest BCUT2D eigenvalue weighted by atomic mass is 19.1. The van der Waals surface area contributed by atoms with Gasteiger partial charge in [0.1, 0.15) is 11.6 Å². The number of hydrogen-bond donors (Lipinski definition) is 0. The summed E-state index contributed by atoms with van der Waals surface area (Å²) in [6, 6.07) is 17.6. The van der Waals surface area contributed by atoms with Gasteiger partial charge in [-0.05, 0) is 28.5 Å². The highest BCUT2D eigenvalue weighted by Crippen LogP contribution is 2.21. The molecule has 0 spiro atoms. The van der Waals surface area contributed by atoms with E-state index in [9.17, 15) is 13.6 Å². The van der Waals surface area contributed by atoms with Crippen LogP contribution in [0.15, 0.2) is 60.7 Å². The molecule has 0 saturated carbocycles. The predicted octanol–water partition coefficient (Wildman–Crippen LogP) is 4.08. The first-order valence-corrected chi connectivity index (χ1v) is 9.04. The molecule has 0 unspecified atom stereocenters. The summed E-state index contributed by atoms with van der Waals surface area (Å²) in [6.07, 6.45) is 0. The molecule has 138 valence electrons. The van der Waals surface area contributed by atoms with Crippen molar-refractivity contribution in [1.82, 2.24) is 9.80 Å². The average molecular weight is 366 g/mol. The van der Waals surface area contributed by atoms with Crippen LogP contribution in [-0.4, -0.2) is 41.9 Å². The molecule has 4 rings (SSSR count). The summed E-state index contributed by atoms with van der Waals surface area (Å²) in [5, 5.41) is 2.46. The summed E-state index contributed by atoms with van der Waals surface area (Å²) >= 11 is 0. The van der Waals surface area contributed by atoms with Gasteiger partial charge in [0.05, 0.1) is 0 Å². The van der Waals surface area contributed by atoms with Crippen LogP contribution in [0, 0.1) is 11.6 Å². The lowest BCUT2D eigenvalue weighted by Gasteiger charge is -2.35. The average Bonchev–Trinajstić information content (AvgIpc) is 2.68. The number of piperazine rings is 1. The Hall–Kier alpha value is -2.79. The van der Waals surface area contributed by atoms with E-state index in [4.69, 9.17) is 0 Å². The van der Waals surface area contributed by atoms with Crippen molar-refractivity contribution in [2.24, 2.45) is 0 Å². The van der Waals surface area contributed by atoms with Crippen LogP contribution in [-0.2, 0) is 6.54 Å². The zero-order valence-electron chi connectivity index (χ0n) is 14.9. The fourth-order valence-corrected chi connectivity index (χ4v) is 3.64. The Bertz CT molecular complexity index is 955. The molecule has 1 aliphatic heterocycles. The quantitative estimate of drug-likeness (QED) is 0.697. The molecule has 1 heterocycles. The zero-order valence-corrected chi connectivity index (χ0v) is 14.9. The second-order valence-electron chi connectivity index (χ2n) is 6.86. The van der Waals surface area contributed by atoms with E-state index in [0.29, 0.717) is 13.1 Å². The van der Waals surface area contributed by atoms with E-state index in [0.717, 1.165) is 37.8 Å². The molecule has 0 aromatic heterocycles. The highest BCUT2D eigenvalue weighted by Gasteiger charge is 2.23. The first kappa shape index (κ1) is 17.6. The Morgan fingerprint density at radius 1 is 0.852 bits per heavy atom. The van der Waals surface area contributed by atoms with Gasteiger partial charge in [-0.1, -0.05) is 42.5 Å². The van der Waals surface area contributed by atoms with E-state index in [1.165, 1.54) is 16.3 Å². The Kier molecular flexibility index (Phi) is 4.86. The third kappa shape index (κ3) is 3.83. The summed E-state index contributed by atoms with van der Waals surface area (Å²) in [4.78, 5) is 16.5. The van der Waals surface area contributed by atoms with Gasteiger partial charge < -0.3 is 4.90 Å². The molecule has 1 amide bonds. The molecule has 1 aliphatic rings. The van der Waals surface area contributed by atoms with Gasteiger partial charge in [-0.3, -0.25) is 9.69 Å². The Labute approximate surface area is 156 Å². The number of amides is 1. The van der Waals surface area contributed by atoms with Crippen molar-refractivity contribution in [3.63, 3.8) is 0 Å². The van der Waals surface area contributed by atoms with E-state index >= 15 is 0 Å². The minimum Gasteiger partial charge on any atom is -0.336 e. The normalized spacial score (nSPS) is 15.3. The van der Waals surface area contributed by atoms with Crippen LogP contribution in [0.2, 0.25) is 0 Å². The summed E-state index contributed by atoms with van der Waals surface area (Å²) in [7, 11) is 0. The summed E-state index contributed by atoms with van der Waals surface area (Å²) in [5.41, 5.74) is 1.33. The molecule has 5 heteroatoms. The van der Waals surface area contributed by atoms with Gasteiger partial charge in [0, 0.05) is 44.4 Å². The number of carbonyl (C=O) groups excluding carboxylic acids is 1. The number of halogens is 2. The maximum atomic E-state index is 13.4. The minimum atomic E-state index is -0.729. The zero-order chi connectivity index (χ0) is 18.8. The molecule has 0 bridgehead atoms. The highest BCUT2D eigenvalue weighted by molar-refractivity contribution is 5.94. The Morgan fingerprint density at radius 2 is 1.52 bits per heavy atom. The molecular weight excluding hydrogens is 346 g/mol. The number of benzene rings is 3. The largest absolute Gasteiger partial charge is 0.336 e. The maximum Gasteiger partial charge on any atom is 0.254 e. The first-order chi connectivity index (χ1) is 13.1. The number of fused-ring (bicyclic) bond motifs is 1. The monoisotopic (exact) mass is 366 g/mol. The van der Waals surface area contributed by atoms with Crippen LogP contribution in [0.25, 0.3) is 10.8 Å². The van der Waals surface area contributed by atoms with Gasteiger partial charge in [0.2, 0.25) is 0 Å². The smallest absolute Gasteiger partial charge is 0.254 e. The van der Waals surface area contributed by atoms with Crippen molar-refractivity contribution >= 4 is 16.7 Å². The number of nitrogens with zero attached hydrogens (tertiary/aromatic N) is 2. The molecule has 1 saturated heterocycles. The molecule has 0 radical (unpaired) electrons. The third-order valence-electron chi connectivity index (χ3n) is 5.04. The fourth-order valence-electron chi connectivity index (χ4n) is 3.64. The molecule has 3 nitrogen and oxygen atoms in total. The van der Waals surface area contributed by atoms with E-state index < -0.39 is 11.6 Å². The van der Waals surface area contributed by atoms with Crippen LogP contribution >= 0.6 is 0 Å². The van der Waals surface area contributed by atoms with Crippen LogP contribution < -0.4 is 0 Å². The molecule has 3 aromatic carbocycles. The topological polar surface area (TPSA) is 23.6 Å². The van der Waals surface area contributed by atoms with Gasteiger partial charge in [0.25, 0.3) is 5.91 Å². The lowest BCUT2D eigenvalue weighted by Crippen LogP contribution is -2.48. The summed E-state index contributed by atoms with van der Waals surface area (Å²) in [6.45, 7) is 3.36. The first-order valence-electron chi connectivity index (χ1n) is 9.04. The second kappa shape index (κ2) is 7.45. The van der Waals surface area contributed by atoms with Crippen LogP contribution in [0.4, 0.5) is 8.78 Å². The van der Waals surface area contributed by atoms with Crippen molar-refractivity contribution in [3.05, 3.63) is 83.4 Å². The van der Waals surface area contributed by atoms with Gasteiger partial charge in [-0.25, -0.2) is 8.78 Å². The third-order valence-corrected chi connectivity index (χ3v) is 5.04. The molecule has 3 aromatic rings. The fraction of sp³-hybridized carbons (Fsp3) is 0.227. The van der Waals surface area contributed by atoms with Gasteiger partial charge in [-0.15, -0.1) is 0 Å². The summed E-state index contributed by atoms with van der Waals surface area (Å²) in [5.74, 6) is -1.78. The maximum absolute atomic E-state index is 13.4. The van der Waals surface area contributed by atoms with Gasteiger partial charge >= 0.3 is 0 Å². The number of carbonyl (C=O) groups is 1. The van der Waals surface area contributed by atoms with Gasteiger partial charge in [0.15, 0.2) is 0 Å². The van der Waals surface area contributed by atoms with Crippen molar-refractivity contribution in [1.29, 1.82) is 0 Å². The molecular formula is C22H20F2N2O. The molecule has 0 aliphatic carbocycles. The van der Waals surface area contributed by atoms with Gasteiger partial charge in [-0.2, -0.15) is 0 Å². The SMILES string of the molecule is O=C(c1cc(F)cc(F)c1)N1CCN(Cc2cccc3ccccc23)CC1. The van der Waals surface area contributed by atoms with Crippen molar-refractivity contribution in [2.45, 2.75) is 6.54 Å². The van der Waals surface area contributed by atoms with E-state index in [1.54, 1.807) is 4.90 Å². The predicted molar refractivity (Wildman–Crippen MR) is 101 cm³/mol. The number of hydrogen-bond acceptors (Lipinski definition) is 2. The van der Waals surface area contributed by atoms with Crippen LogP contribution in [0.5, 0.6) is 0 Å². The standard InChI is InChI=1S/C22H20F2N2O/c23-19-12-18(13-20(24)14-19)22(27)26-10-8-25(9-11-26)15-17-6-3-5-16-4-1-2-7-21(16)17/h1-7,12-14H,8-11,15H2. The molecule has 27 heavy (non-hydrogen) atoms. The molecule has 0 atom stereocenters. The Morgan fingerprint density at radius 3 is 2.26 bits per heavy atom. The lowest BCUT2D eigenvalue weighted by atomic mass is 10.0. The molecule has 0 N–H and O–H groups in total. The van der Waals surface area contributed by atoms with Crippen LogP contribution in [0.1, 0.15) is 15.9 Å². The second-order valence-corrected chi connectivity index (χ2v) is 6.86. The molecule has 1 fully saturated rings. The minimum absolute atomic E-state index is 0.0648. The van der Waals surface area contributed by atoms with E-state index in [-0.39, 0.29) is 11.5 Å². The lowest BCUT2D eigenvalue weighted by molar-refractivity contribution is 0.0628. The van der Waals surface area contributed by atoms with Crippen molar-refractivity contribution in [2.75, 3.05) is 26.2 Å². The van der Waals surface area contributed by atoms with Crippen molar-refractivity contribution < 1.29 is 13.6 Å². The van der Waals surface area contributed by atoms with Crippen molar-refractivity contribution in [3.8, 4) is 0 Å². The summed E-state index contributed by atoms with van der Waals surface area (Å²) < 4.78 is 26.7. The van der Waals surface area contributed by atoms with E-state index in [1.807, 2.05) is 12.1 Å². The number of rotatable bonds is 3. The Balaban J connectivity index is 1.42.